The van der Waals surface area contributed by atoms with E-state index in [1.165, 1.54) is 12.5 Å². The minimum absolute atomic E-state index is 0.136. The van der Waals surface area contributed by atoms with Crippen molar-refractivity contribution in [3.8, 4) is 0 Å². The second-order valence-electron chi connectivity index (χ2n) is 10.2. The first-order chi connectivity index (χ1) is 21.8. The van der Waals surface area contributed by atoms with Gasteiger partial charge in [-0.05, 0) is 90.3 Å². The highest BCUT2D eigenvalue weighted by molar-refractivity contribution is 8.36. The van der Waals surface area contributed by atoms with Crippen LogP contribution in [-0.2, 0) is 19.3 Å². The van der Waals surface area contributed by atoms with Gasteiger partial charge >= 0.3 is 0 Å². The molecule has 1 heterocycles. The maximum Gasteiger partial charge on any atom is 0.172 e. The van der Waals surface area contributed by atoms with Gasteiger partial charge in [-0.15, -0.1) is 10.0 Å². The van der Waals surface area contributed by atoms with Crippen LogP contribution in [0, 0.1) is 24.4 Å². The lowest BCUT2D eigenvalue weighted by Gasteiger charge is -2.38. The maximum absolute atomic E-state index is 15.9. The summed E-state index contributed by atoms with van der Waals surface area (Å²) >= 11 is 3.53. The van der Waals surface area contributed by atoms with Crippen LogP contribution < -0.4 is 0 Å². The normalized spacial score (nSPS) is 15.9. The van der Waals surface area contributed by atoms with E-state index >= 15 is 13.2 Å². The van der Waals surface area contributed by atoms with Crippen molar-refractivity contribution in [1.29, 1.82) is 0 Å². The molecule has 1 aliphatic heterocycles. The highest BCUT2D eigenvalue weighted by Crippen LogP contribution is 2.76. The molecule has 1 atom stereocenters. The van der Waals surface area contributed by atoms with Crippen LogP contribution in [0.15, 0.2) is 99.5 Å². The summed E-state index contributed by atoms with van der Waals surface area (Å²) in [6, 6.07) is 24.5. The number of aryl methyl sites for hydroxylation is 3. The fourth-order valence-corrected chi connectivity index (χ4v) is 9.43. The third-order valence-electron chi connectivity index (χ3n) is 7.84. The summed E-state index contributed by atoms with van der Waals surface area (Å²) in [5, 5.41) is 2.01. The number of thiol groups is 1. The van der Waals surface area contributed by atoms with Gasteiger partial charge in [0.2, 0.25) is 0 Å². The first-order valence-electron chi connectivity index (χ1n) is 15.8. The lowest BCUT2D eigenvalue weighted by molar-refractivity contribution is 0.466. The Morgan fingerprint density at radius 1 is 0.689 bits per heavy atom. The minimum Gasteiger partial charge on any atom is -0.206 e. The Bertz CT molecular complexity index is 1570. The van der Waals surface area contributed by atoms with Crippen LogP contribution in [0.4, 0.5) is 13.2 Å². The summed E-state index contributed by atoms with van der Waals surface area (Å²) in [6.07, 6.45) is 6.83. The molecule has 45 heavy (non-hydrogen) atoms. The molecule has 0 spiro atoms. The Kier molecular flexibility index (Phi) is 15.3. The number of halogens is 3. The molecule has 4 aromatic carbocycles. The van der Waals surface area contributed by atoms with Crippen LogP contribution in [0.25, 0.3) is 11.6 Å². The minimum atomic E-state index is -2.41. The van der Waals surface area contributed by atoms with E-state index in [4.69, 9.17) is 0 Å². The monoisotopic (exact) mass is 650 g/mol. The molecule has 0 amide bonds. The first kappa shape index (κ1) is 38.0. The summed E-state index contributed by atoms with van der Waals surface area (Å²) in [6.45, 7) is 17.5. The molecular formula is C40H49F3S2. The zero-order chi connectivity index (χ0) is 33.7. The van der Waals surface area contributed by atoms with E-state index in [9.17, 15) is 0 Å². The van der Waals surface area contributed by atoms with Crippen molar-refractivity contribution in [2.75, 3.05) is 6.26 Å². The zero-order valence-electron chi connectivity index (χ0n) is 28.1. The summed E-state index contributed by atoms with van der Waals surface area (Å²) in [4.78, 5) is 1.85. The van der Waals surface area contributed by atoms with Crippen LogP contribution in [0.5, 0.6) is 0 Å². The second kappa shape index (κ2) is 18.1. The number of allylic oxidation sites excluding steroid dienone is 1. The number of fused-ring (bicyclic) bond motifs is 1. The SMILES string of the molecule is C=Cc1cc(CC)ccc1S1(c2ccc(CC)cc2)C=C(CC)c2c(F)c(C)c(F)c(F)c21.CC.CCc1ccccc1.CS. The van der Waals surface area contributed by atoms with Gasteiger partial charge in [-0.2, -0.15) is 12.6 Å². The van der Waals surface area contributed by atoms with Crippen molar-refractivity contribution in [2.45, 2.75) is 88.8 Å². The van der Waals surface area contributed by atoms with E-state index in [1.54, 1.807) is 12.3 Å². The quantitative estimate of drug-likeness (QED) is 0.149. The Morgan fingerprint density at radius 3 is 1.71 bits per heavy atom. The van der Waals surface area contributed by atoms with Crippen LogP contribution in [0.2, 0.25) is 0 Å². The van der Waals surface area contributed by atoms with E-state index in [1.807, 2.05) is 74.7 Å². The molecule has 0 radical (unpaired) electrons. The molecule has 0 fully saturated rings. The van der Waals surface area contributed by atoms with Crippen molar-refractivity contribution < 1.29 is 13.2 Å². The lowest BCUT2D eigenvalue weighted by Crippen LogP contribution is -2.09. The zero-order valence-corrected chi connectivity index (χ0v) is 29.8. The molecule has 242 valence electrons. The van der Waals surface area contributed by atoms with E-state index in [2.05, 4.69) is 64.2 Å². The van der Waals surface area contributed by atoms with E-state index < -0.39 is 27.5 Å². The molecule has 1 aliphatic rings. The maximum atomic E-state index is 15.9. The molecule has 0 nitrogen and oxygen atoms in total. The molecule has 5 heteroatoms. The van der Waals surface area contributed by atoms with Crippen molar-refractivity contribution in [3.63, 3.8) is 0 Å². The smallest absolute Gasteiger partial charge is 0.172 e. The molecule has 1 unspecified atom stereocenters. The highest BCUT2D eigenvalue weighted by Gasteiger charge is 2.43. The molecule has 0 bridgehead atoms. The van der Waals surface area contributed by atoms with E-state index in [-0.39, 0.29) is 16.0 Å². The Balaban J connectivity index is 0.000000500. The Hall–Kier alpha value is -3.15. The van der Waals surface area contributed by atoms with Gasteiger partial charge in [0.1, 0.15) is 5.82 Å². The molecule has 5 rings (SSSR count). The number of benzene rings is 4. The van der Waals surface area contributed by atoms with Gasteiger partial charge in [0.15, 0.2) is 11.6 Å². The van der Waals surface area contributed by atoms with Gasteiger partial charge in [0.05, 0.1) is 4.90 Å². The standard InChI is InChI=1S/C29H29F3S.C8H10.C2H6.CH4S/c1-6-19-10-13-23(14-11-19)33(24-15-12-20(7-2)16-21(24)8-3)17-22(9-4)25-26(30)18(5)27(31)28(32)29(25)33;1-2-8-6-4-3-5-7-8;2*1-2/h8,10-17H,3,6-7,9H2,1-2,4-5H3;3-7H,2H2,1H3;1-2H3;2H,1H3. The molecule has 0 saturated carbocycles. The number of hydrogen-bond acceptors (Lipinski definition) is 1. The number of hydrogen-bond donors (Lipinski definition) is 1. The molecular weight excluding hydrogens is 602 g/mol. The third kappa shape index (κ3) is 7.81. The average Bonchev–Trinajstić information content (AvgIpc) is 3.48. The van der Waals surface area contributed by atoms with Crippen molar-refractivity contribution in [2.24, 2.45) is 0 Å². The third-order valence-corrected chi connectivity index (χ3v) is 11.6. The second-order valence-corrected chi connectivity index (χ2v) is 13.1. The van der Waals surface area contributed by atoms with Crippen molar-refractivity contribution >= 4 is 34.3 Å². The topological polar surface area (TPSA) is 0 Å². The van der Waals surface area contributed by atoms with Gasteiger partial charge in [-0.3, -0.25) is 0 Å². The predicted molar refractivity (Wildman–Crippen MR) is 196 cm³/mol. The van der Waals surface area contributed by atoms with Crippen LogP contribution >= 0.6 is 22.7 Å². The van der Waals surface area contributed by atoms with Gasteiger partial charge in [-0.1, -0.05) is 109 Å². The van der Waals surface area contributed by atoms with Gasteiger partial charge in [-0.25, -0.2) is 13.2 Å². The largest absolute Gasteiger partial charge is 0.206 e. The van der Waals surface area contributed by atoms with Gasteiger partial charge < -0.3 is 0 Å². The fraction of sp³-hybridized carbons (Fsp3) is 0.300. The van der Waals surface area contributed by atoms with Crippen LogP contribution in [-0.4, -0.2) is 6.26 Å². The highest BCUT2D eigenvalue weighted by atomic mass is 32.3. The fourth-order valence-electron chi connectivity index (χ4n) is 5.35. The summed E-state index contributed by atoms with van der Waals surface area (Å²) in [5.74, 6) is -2.72. The predicted octanol–water partition coefficient (Wildman–Crippen LogP) is 13.0. The molecule has 0 saturated heterocycles. The molecule has 4 aromatic rings. The summed E-state index contributed by atoms with van der Waals surface area (Å²) < 4.78 is 46.4. The lowest BCUT2D eigenvalue weighted by atomic mass is 10.0. The van der Waals surface area contributed by atoms with E-state index in [0.717, 1.165) is 45.7 Å². The summed E-state index contributed by atoms with van der Waals surface area (Å²) in [7, 11) is -2.41. The van der Waals surface area contributed by atoms with E-state index in [0.29, 0.717) is 12.0 Å². The Morgan fingerprint density at radius 2 is 1.22 bits per heavy atom. The van der Waals surface area contributed by atoms with Crippen LogP contribution in [0.3, 0.4) is 0 Å². The van der Waals surface area contributed by atoms with Crippen LogP contribution in [0.1, 0.15) is 81.3 Å². The Labute approximate surface area is 277 Å². The number of rotatable bonds is 7. The molecule has 0 aliphatic carbocycles. The van der Waals surface area contributed by atoms with Gasteiger partial charge in [0, 0.05) is 20.9 Å². The van der Waals surface area contributed by atoms with Crippen molar-refractivity contribution in [3.05, 3.63) is 136 Å². The van der Waals surface area contributed by atoms with Crippen molar-refractivity contribution in [1.82, 2.24) is 0 Å². The first-order valence-corrected chi connectivity index (χ1v) is 18.4. The van der Waals surface area contributed by atoms with Gasteiger partial charge in [0.25, 0.3) is 0 Å². The molecule has 0 N–H and O–H groups in total. The summed E-state index contributed by atoms with van der Waals surface area (Å²) in [5.41, 5.74) is 5.22. The average molecular weight is 651 g/mol. The molecule has 0 aromatic heterocycles.